The third-order valence-electron chi connectivity index (χ3n) is 4.67. The Labute approximate surface area is 193 Å². The molecule has 0 spiro atoms. The molecular weight excluding hydrogens is 486 g/mol. The first-order valence-corrected chi connectivity index (χ1v) is 9.88. The summed E-state index contributed by atoms with van der Waals surface area (Å²) in [5.41, 5.74) is -5.04. The minimum Gasteiger partial charge on any atom is -0.464 e. The van der Waals surface area contributed by atoms with Crippen molar-refractivity contribution < 1.29 is 31.8 Å². The summed E-state index contributed by atoms with van der Waals surface area (Å²) < 4.78 is 65.4. The van der Waals surface area contributed by atoms with Gasteiger partial charge in [-0.15, -0.1) is 0 Å². The van der Waals surface area contributed by atoms with Crippen molar-refractivity contribution in [2.24, 2.45) is 7.05 Å². The molecule has 0 fully saturated rings. The maximum atomic E-state index is 14.7. The highest BCUT2D eigenvalue weighted by atomic mass is 35.5. The summed E-state index contributed by atoms with van der Waals surface area (Å²) in [4.78, 5) is 40.3. The van der Waals surface area contributed by atoms with Gasteiger partial charge in [0.1, 0.15) is 17.3 Å². The van der Waals surface area contributed by atoms with Crippen molar-refractivity contribution in [1.29, 1.82) is 0 Å². The molecule has 0 aliphatic carbocycles. The fourth-order valence-electron chi connectivity index (χ4n) is 2.80. The van der Waals surface area contributed by atoms with Crippen molar-refractivity contribution in [3.63, 3.8) is 0 Å². The van der Waals surface area contributed by atoms with Crippen molar-refractivity contribution >= 4 is 17.4 Å². The van der Waals surface area contributed by atoms with Gasteiger partial charge in [-0.2, -0.15) is 13.2 Å². The molecule has 1 aromatic carbocycles. The minimum atomic E-state index is -4.98. The fourth-order valence-corrected chi connectivity index (χ4v) is 2.99. The van der Waals surface area contributed by atoms with Gasteiger partial charge in [-0.3, -0.25) is 14.2 Å². The van der Waals surface area contributed by atoms with E-state index < -0.39 is 40.7 Å². The Kier molecular flexibility index (Phi) is 6.82. The van der Waals surface area contributed by atoms with Gasteiger partial charge in [-0.1, -0.05) is 11.6 Å². The molecule has 34 heavy (non-hydrogen) atoms. The summed E-state index contributed by atoms with van der Waals surface area (Å²) >= 11 is 6.04. The van der Waals surface area contributed by atoms with Crippen LogP contribution < -0.4 is 20.7 Å². The van der Waals surface area contributed by atoms with Gasteiger partial charge in [0, 0.05) is 25.4 Å². The molecule has 0 aliphatic rings. The molecule has 2 aromatic heterocycles. The number of carbonyl (C=O) groups is 1. The summed E-state index contributed by atoms with van der Waals surface area (Å²) in [5, 5.41) is -0.285. The predicted octanol–water partition coefficient (Wildman–Crippen LogP) is 3.89. The number of benzene rings is 1. The highest BCUT2D eigenvalue weighted by Crippen LogP contribution is 2.36. The zero-order valence-corrected chi connectivity index (χ0v) is 18.6. The number of halogens is 5. The van der Waals surface area contributed by atoms with Crippen LogP contribution in [0.5, 0.6) is 17.4 Å². The van der Waals surface area contributed by atoms with E-state index in [0.29, 0.717) is 0 Å². The molecule has 0 aliphatic heterocycles. The Morgan fingerprint density at radius 2 is 1.85 bits per heavy atom. The number of carbonyl (C=O) groups excluding carboxylic acids is 1. The van der Waals surface area contributed by atoms with Crippen LogP contribution in [-0.4, -0.2) is 26.0 Å². The first-order chi connectivity index (χ1) is 15.8. The van der Waals surface area contributed by atoms with Crippen molar-refractivity contribution in [3.05, 3.63) is 73.9 Å². The van der Waals surface area contributed by atoms with Crippen LogP contribution >= 0.6 is 11.6 Å². The van der Waals surface area contributed by atoms with Gasteiger partial charge in [0.2, 0.25) is 0 Å². The van der Waals surface area contributed by atoms with E-state index in [1.54, 1.807) is 0 Å². The number of Topliss-reactive ketones (excluding diaryl/α,β-unsaturated/α-hetero) is 1. The molecule has 0 radical (unpaired) electrons. The first kappa shape index (κ1) is 25.0. The normalized spacial score (nSPS) is 12.4. The number of hydrogen-bond acceptors (Lipinski definition) is 6. The summed E-state index contributed by atoms with van der Waals surface area (Å²) in [6.45, 7) is 2.79. The lowest BCUT2D eigenvalue weighted by molar-refractivity contribution is -0.144. The average Bonchev–Trinajstić information content (AvgIpc) is 2.74. The van der Waals surface area contributed by atoms with Crippen LogP contribution in [0.2, 0.25) is 5.02 Å². The molecule has 13 heteroatoms. The van der Waals surface area contributed by atoms with Crippen LogP contribution in [0.4, 0.5) is 17.6 Å². The molecule has 0 saturated carbocycles. The van der Waals surface area contributed by atoms with Crippen molar-refractivity contribution in [2.45, 2.75) is 26.1 Å². The van der Waals surface area contributed by atoms with E-state index in [0.717, 1.165) is 19.2 Å². The first-order valence-electron chi connectivity index (χ1n) is 9.51. The average molecular weight is 502 g/mol. The summed E-state index contributed by atoms with van der Waals surface area (Å²) in [6, 6.07) is 4.64. The molecular formula is C21H16ClF4N3O5. The predicted molar refractivity (Wildman–Crippen MR) is 112 cm³/mol. The molecule has 0 bridgehead atoms. The van der Waals surface area contributed by atoms with Crippen LogP contribution in [0, 0.1) is 5.82 Å². The van der Waals surface area contributed by atoms with Crippen LogP contribution in [0.15, 0.2) is 46.1 Å². The highest BCUT2D eigenvalue weighted by molar-refractivity contribution is 6.32. The number of ketones is 1. The Morgan fingerprint density at radius 3 is 2.47 bits per heavy atom. The van der Waals surface area contributed by atoms with Gasteiger partial charge >= 0.3 is 11.9 Å². The van der Waals surface area contributed by atoms with Gasteiger partial charge in [0.25, 0.3) is 11.4 Å². The fraction of sp³-hybridized carbons (Fsp3) is 0.238. The summed E-state index contributed by atoms with van der Waals surface area (Å²) in [5.74, 6) is -1.86. The Balaban J connectivity index is 2.12. The zero-order chi connectivity index (χ0) is 25.4. The molecule has 0 N–H and O–H groups in total. The van der Waals surface area contributed by atoms with E-state index in [2.05, 4.69) is 4.98 Å². The topological polar surface area (TPSA) is 92.4 Å². The molecule has 1 atom stereocenters. The summed E-state index contributed by atoms with van der Waals surface area (Å²) in [6.07, 6.45) is -4.49. The lowest BCUT2D eigenvalue weighted by atomic mass is 10.2. The number of alkyl halides is 3. The van der Waals surface area contributed by atoms with Crippen LogP contribution in [-0.2, 0) is 18.0 Å². The van der Waals surface area contributed by atoms with Gasteiger partial charge < -0.3 is 9.47 Å². The molecule has 1 unspecified atom stereocenters. The third kappa shape index (κ3) is 4.96. The smallest absolute Gasteiger partial charge is 0.431 e. The second-order valence-corrected chi connectivity index (χ2v) is 7.46. The number of nitrogens with zero attached hydrogens (tertiary/aromatic N) is 3. The van der Waals surface area contributed by atoms with Crippen LogP contribution in [0.25, 0.3) is 5.69 Å². The molecule has 8 nitrogen and oxygen atoms in total. The lowest BCUT2D eigenvalue weighted by Gasteiger charge is -2.17. The van der Waals surface area contributed by atoms with E-state index in [4.69, 9.17) is 21.1 Å². The van der Waals surface area contributed by atoms with E-state index >= 15 is 0 Å². The minimum absolute atomic E-state index is 0.0391. The second-order valence-electron chi connectivity index (χ2n) is 7.06. The molecule has 3 rings (SSSR count). The van der Waals surface area contributed by atoms with Crippen molar-refractivity contribution in [1.82, 2.24) is 14.1 Å². The van der Waals surface area contributed by atoms with Crippen molar-refractivity contribution in [2.75, 3.05) is 0 Å². The number of hydrogen-bond donors (Lipinski definition) is 0. The molecule has 180 valence electrons. The Morgan fingerprint density at radius 1 is 1.18 bits per heavy atom. The quantitative estimate of drug-likeness (QED) is 0.476. The van der Waals surface area contributed by atoms with Crippen LogP contribution in [0.1, 0.15) is 19.5 Å². The number of pyridine rings is 1. The highest BCUT2D eigenvalue weighted by Gasteiger charge is 2.35. The van der Waals surface area contributed by atoms with E-state index in [-0.39, 0.29) is 43.4 Å². The standard InChI is InChI=1S/C21H16ClF4N3O5/c1-10(30)11(2)33-19-15(5-4-6-27-19)34-16-8-14(13(23)7-12(16)22)29-18(31)9-17(21(24,25)26)28(3)20(29)32/h4-9,11H,1-3H3. The Bertz CT molecular complexity index is 1380. The lowest BCUT2D eigenvalue weighted by Crippen LogP contribution is -2.41. The third-order valence-corrected chi connectivity index (χ3v) is 4.97. The molecule has 2 heterocycles. The van der Waals surface area contributed by atoms with Gasteiger partial charge in [0.15, 0.2) is 17.6 Å². The largest absolute Gasteiger partial charge is 0.464 e. The van der Waals surface area contributed by atoms with Gasteiger partial charge in [-0.05, 0) is 32.0 Å². The SMILES string of the molecule is CC(=O)C(C)Oc1ncccc1Oc1cc(-n2c(=O)cc(C(F)(F)F)n(C)c2=O)c(F)cc1Cl. The number of ether oxygens (including phenoxy) is 2. The van der Waals surface area contributed by atoms with E-state index in [9.17, 15) is 31.9 Å². The maximum absolute atomic E-state index is 14.7. The van der Waals surface area contributed by atoms with E-state index in [1.165, 1.54) is 32.2 Å². The number of aromatic nitrogens is 3. The molecule has 0 amide bonds. The summed E-state index contributed by atoms with van der Waals surface area (Å²) in [7, 11) is 0.793. The van der Waals surface area contributed by atoms with E-state index in [1.807, 2.05) is 0 Å². The second kappa shape index (κ2) is 9.29. The number of rotatable bonds is 6. The maximum Gasteiger partial charge on any atom is 0.431 e. The van der Waals surface area contributed by atoms with Crippen molar-refractivity contribution in [3.8, 4) is 23.1 Å². The Hall–Kier alpha value is -3.67. The molecule has 0 saturated heterocycles. The van der Waals surface area contributed by atoms with Crippen LogP contribution in [0.3, 0.4) is 0 Å². The van der Waals surface area contributed by atoms with Gasteiger partial charge in [0.05, 0.1) is 10.7 Å². The van der Waals surface area contributed by atoms with Gasteiger partial charge in [-0.25, -0.2) is 18.7 Å². The molecule has 3 aromatic rings. The monoisotopic (exact) mass is 501 g/mol. The zero-order valence-electron chi connectivity index (χ0n) is 17.8.